The number of carboxylic acids is 1. The molecule has 0 aromatic rings. The molecular formula is C24H42O4. The molecule has 0 radical (unpaired) electrons. The summed E-state index contributed by atoms with van der Waals surface area (Å²) in [5.41, 5.74) is 0. The number of carbonyl (C=O) groups is 2. The number of allylic oxidation sites excluding steroid dienone is 2. The van der Waals surface area contributed by atoms with Gasteiger partial charge in [-0.15, -0.1) is 0 Å². The molecule has 1 saturated carbocycles. The minimum atomic E-state index is -0.853. The molecule has 4 heteroatoms. The number of carbonyl (C=O) groups excluding carboxylic acids is 1. The van der Waals surface area contributed by atoms with Gasteiger partial charge in [0.15, 0.2) is 0 Å². The highest BCUT2D eigenvalue weighted by atomic mass is 16.5. The average molecular weight is 395 g/mol. The number of rotatable bonds is 16. The Hall–Kier alpha value is -1.32. The molecule has 0 spiro atoms. The normalized spacial score (nSPS) is 19.8. The van der Waals surface area contributed by atoms with Crippen LogP contribution >= 0.6 is 0 Å². The molecule has 28 heavy (non-hydrogen) atoms. The van der Waals surface area contributed by atoms with Crippen molar-refractivity contribution in [3.8, 4) is 0 Å². The Kier molecular flexibility index (Phi) is 14.7. The van der Waals surface area contributed by atoms with Crippen molar-refractivity contribution in [1.29, 1.82) is 0 Å². The summed E-state index contributed by atoms with van der Waals surface area (Å²) >= 11 is 0. The molecule has 2 atom stereocenters. The minimum Gasteiger partial charge on any atom is -0.481 e. The maximum atomic E-state index is 12.2. The van der Waals surface area contributed by atoms with E-state index in [0.717, 1.165) is 25.7 Å². The fourth-order valence-corrected chi connectivity index (χ4v) is 3.98. The van der Waals surface area contributed by atoms with Crippen LogP contribution in [0.25, 0.3) is 0 Å². The number of carboxylic acid groups (broad SMARTS) is 1. The highest BCUT2D eigenvalue weighted by Gasteiger charge is 2.36. The van der Waals surface area contributed by atoms with Crippen molar-refractivity contribution in [2.24, 2.45) is 11.8 Å². The second kappa shape index (κ2) is 16.6. The third kappa shape index (κ3) is 11.5. The van der Waals surface area contributed by atoms with E-state index in [-0.39, 0.29) is 5.97 Å². The summed E-state index contributed by atoms with van der Waals surface area (Å²) in [5, 5.41) is 9.25. The van der Waals surface area contributed by atoms with E-state index >= 15 is 0 Å². The van der Waals surface area contributed by atoms with Crippen LogP contribution in [0.15, 0.2) is 12.2 Å². The first-order valence-electron chi connectivity index (χ1n) is 11.7. The van der Waals surface area contributed by atoms with Gasteiger partial charge in [0.05, 0.1) is 18.4 Å². The predicted molar refractivity (Wildman–Crippen MR) is 114 cm³/mol. The van der Waals surface area contributed by atoms with Crippen molar-refractivity contribution >= 4 is 11.9 Å². The summed E-state index contributed by atoms with van der Waals surface area (Å²) in [6.07, 6.45) is 22.4. The first-order valence-corrected chi connectivity index (χ1v) is 11.7. The van der Waals surface area contributed by atoms with Crippen molar-refractivity contribution in [2.45, 2.75) is 110 Å². The topological polar surface area (TPSA) is 63.6 Å². The predicted octanol–water partition coefficient (Wildman–Crippen LogP) is 6.68. The van der Waals surface area contributed by atoms with Crippen LogP contribution in [-0.2, 0) is 14.3 Å². The van der Waals surface area contributed by atoms with Gasteiger partial charge in [0.2, 0.25) is 0 Å². The van der Waals surface area contributed by atoms with Gasteiger partial charge in [-0.3, -0.25) is 9.59 Å². The molecule has 0 bridgehead atoms. The number of esters is 1. The number of hydrogen-bond acceptors (Lipinski definition) is 3. The lowest BCUT2D eigenvalue weighted by Crippen LogP contribution is -2.33. The van der Waals surface area contributed by atoms with Gasteiger partial charge in [-0.1, -0.05) is 76.9 Å². The first-order chi connectivity index (χ1) is 13.7. The highest BCUT2D eigenvalue weighted by Crippen LogP contribution is 2.31. The van der Waals surface area contributed by atoms with Crippen LogP contribution in [0.5, 0.6) is 0 Å². The summed E-state index contributed by atoms with van der Waals surface area (Å²) in [5.74, 6) is -2.14. The van der Waals surface area contributed by atoms with Crippen LogP contribution in [0, 0.1) is 11.8 Å². The zero-order valence-corrected chi connectivity index (χ0v) is 18.0. The Morgan fingerprint density at radius 3 is 1.96 bits per heavy atom. The zero-order chi connectivity index (χ0) is 20.5. The molecule has 1 fully saturated rings. The summed E-state index contributed by atoms with van der Waals surface area (Å²) < 4.78 is 5.36. The molecule has 0 aromatic heterocycles. The van der Waals surface area contributed by atoms with Crippen LogP contribution < -0.4 is 0 Å². The van der Waals surface area contributed by atoms with E-state index in [9.17, 15) is 14.7 Å². The molecule has 1 rings (SSSR count). The smallest absolute Gasteiger partial charge is 0.309 e. The van der Waals surface area contributed by atoms with Crippen LogP contribution in [0.3, 0.4) is 0 Å². The summed E-state index contributed by atoms with van der Waals surface area (Å²) in [7, 11) is 0. The number of unbranched alkanes of at least 4 members (excludes halogenated alkanes) is 10. The lowest BCUT2D eigenvalue weighted by molar-refractivity contribution is -0.159. The highest BCUT2D eigenvalue weighted by molar-refractivity contribution is 5.81. The standard InChI is InChI=1S/C24H42O4/c1-2-3-4-5-6-7-8-9-10-11-12-13-14-17-20-28-24(27)22-19-16-15-18-21(22)23(25)26/h6-7,21-22H,2-5,8-20H2,1H3,(H,25,26)/b7-6+. The number of hydrogen-bond donors (Lipinski definition) is 1. The Labute approximate surface area is 172 Å². The largest absolute Gasteiger partial charge is 0.481 e. The van der Waals surface area contributed by atoms with E-state index < -0.39 is 17.8 Å². The quantitative estimate of drug-likeness (QED) is 0.180. The fraction of sp³-hybridized carbons (Fsp3) is 0.833. The molecule has 0 saturated heterocycles. The van der Waals surface area contributed by atoms with Crippen molar-refractivity contribution in [3.63, 3.8) is 0 Å². The molecule has 0 heterocycles. The van der Waals surface area contributed by atoms with Crippen molar-refractivity contribution < 1.29 is 19.4 Å². The SMILES string of the molecule is CCCCC/C=C/CCCCCCCCCOC(=O)C1CCCCC1C(=O)O. The van der Waals surface area contributed by atoms with E-state index in [1.54, 1.807) is 0 Å². The lowest BCUT2D eigenvalue weighted by atomic mass is 9.79. The van der Waals surface area contributed by atoms with Crippen molar-refractivity contribution in [2.75, 3.05) is 6.61 Å². The molecule has 1 aliphatic carbocycles. The van der Waals surface area contributed by atoms with Crippen molar-refractivity contribution in [1.82, 2.24) is 0 Å². The van der Waals surface area contributed by atoms with Gasteiger partial charge in [0.1, 0.15) is 0 Å². The van der Waals surface area contributed by atoms with E-state index in [2.05, 4.69) is 19.1 Å². The van der Waals surface area contributed by atoms with E-state index in [0.29, 0.717) is 19.4 Å². The monoisotopic (exact) mass is 394 g/mol. The number of ether oxygens (including phenoxy) is 1. The molecule has 2 unspecified atom stereocenters. The summed E-state index contributed by atoms with van der Waals surface area (Å²) in [6, 6.07) is 0. The third-order valence-corrected chi connectivity index (χ3v) is 5.79. The van der Waals surface area contributed by atoms with Gasteiger partial charge < -0.3 is 9.84 Å². The summed E-state index contributed by atoms with van der Waals surface area (Å²) in [4.78, 5) is 23.4. The van der Waals surface area contributed by atoms with Gasteiger partial charge in [0.25, 0.3) is 0 Å². The second-order valence-electron chi connectivity index (χ2n) is 8.23. The Morgan fingerprint density at radius 1 is 0.821 bits per heavy atom. The van der Waals surface area contributed by atoms with Crippen LogP contribution in [0.4, 0.5) is 0 Å². The van der Waals surface area contributed by atoms with Crippen LogP contribution in [0.2, 0.25) is 0 Å². The molecule has 0 aromatic carbocycles. The molecule has 0 aliphatic heterocycles. The molecule has 1 N–H and O–H groups in total. The summed E-state index contributed by atoms with van der Waals surface area (Å²) in [6.45, 7) is 2.68. The van der Waals surface area contributed by atoms with Gasteiger partial charge in [-0.05, 0) is 44.9 Å². The maximum Gasteiger partial charge on any atom is 0.309 e. The van der Waals surface area contributed by atoms with Gasteiger partial charge >= 0.3 is 11.9 Å². The minimum absolute atomic E-state index is 0.296. The zero-order valence-electron chi connectivity index (χ0n) is 18.0. The number of aliphatic carboxylic acids is 1. The maximum absolute atomic E-state index is 12.2. The van der Waals surface area contributed by atoms with E-state index in [1.165, 1.54) is 64.2 Å². The third-order valence-electron chi connectivity index (χ3n) is 5.79. The van der Waals surface area contributed by atoms with E-state index in [1.807, 2.05) is 0 Å². The molecule has 0 amide bonds. The lowest BCUT2D eigenvalue weighted by Gasteiger charge is -2.26. The molecular weight excluding hydrogens is 352 g/mol. The first kappa shape index (κ1) is 24.7. The average Bonchev–Trinajstić information content (AvgIpc) is 2.70. The van der Waals surface area contributed by atoms with Crippen LogP contribution in [-0.4, -0.2) is 23.7 Å². The Bertz CT molecular complexity index is 444. The van der Waals surface area contributed by atoms with Gasteiger partial charge in [-0.25, -0.2) is 0 Å². The van der Waals surface area contributed by atoms with Crippen LogP contribution in [0.1, 0.15) is 110 Å². The van der Waals surface area contributed by atoms with Gasteiger partial charge in [0, 0.05) is 0 Å². The Balaban J connectivity index is 1.92. The van der Waals surface area contributed by atoms with Crippen molar-refractivity contribution in [3.05, 3.63) is 12.2 Å². The van der Waals surface area contributed by atoms with E-state index in [4.69, 9.17) is 4.74 Å². The van der Waals surface area contributed by atoms with Gasteiger partial charge in [-0.2, -0.15) is 0 Å². The fourth-order valence-electron chi connectivity index (χ4n) is 3.98. The molecule has 4 nitrogen and oxygen atoms in total. The molecule has 162 valence electrons. The second-order valence-corrected chi connectivity index (χ2v) is 8.23. The Morgan fingerprint density at radius 2 is 1.36 bits per heavy atom. The molecule has 1 aliphatic rings.